The summed E-state index contributed by atoms with van der Waals surface area (Å²) in [7, 11) is 0. The molecule has 0 aliphatic carbocycles. The highest BCUT2D eigenvalue weighted by molar-refractivity contribution is 9.10. The van der Waals surface area contributed by atoms with Crippen LogP contribution in [-0.2, 0) is 4.79 Å². The lowest BCUT2D eigenvalue weighted by molar-refractivity contribution is -0.127. The van der Waals surface area contributed by atoms with Crippen LogP contribution in [0.4, 0.5) is 0 Å². The predicted octanol–water partition coefficient (Wildman–Crippen LogP) is 3.83. The lowest BCUT2D eigenvalue weighted by Crippen LogP contribution is -2.27. The van der Waals surface area contributed by atoms with E-state index in [4.69, 9.17) is 0 Å². The summed E-state index contributed by atoms with van der Waals surface area (Å²) in [6.45, 7) is 2.79. The van der Waals surface area contributed by atoms with Crippen LogP contribution in [0.5, 0.6) is 0 Å². The first-order valence-electron chi connectivity index (χ1n) is 6.54. The minimum Gasteiger partial charge on any atom is -0.326 e. The third-order valence-corrected chi connectivity index (χ3v) is 5.22. The number of rotatable bonds is 3. The van der Waals surface area contributed by atoms with Gasteiger partial charge in [-0.2, -0.15) is 0 Å². The van der Waals surface area contributed by atoms with Crippen molar-refractivity contribution in [3.8, 4) is 5.69 Å². The Morgan fingerprint density at radius 2 is 2.05 bits per heavy atom. The minimum absolute atomic E-state index is 0.157. The maximum absolute atomic E-state index is 11.8. The number of hydrogen-bond donors (Lipinski definition) is 0. The van der Waals surface area contributed by atoms with E-state index in [1.54, 1.807) is 11.8 Å². The molecule has 20 heavy (non-hydrogen) atoms. The van der Waals surface area contributed by atoms with Gasteiger partial charge in [0.15, 0.2) is 0 Å². The average Bonchev–Trinajstić information content (AvgIpc) is 3.06. The van der Waals surface area contributed by atoms with Crippen molar-refractivity contribution in [1.29, 1.82) is 0 Å². The van der Waals surface area contributed by atoms with Gasteiger partial charge >= 0.3 is 0 Å². The monoisotopic (exact) mass is 350 g/mol. The van der Waals surface area contributed by atoms with Gasteiger partial charge in [-0.25, -0.2) is 0 Å². The molecule has 0 spiro atoms. The Morgan fingerprint density at radius 3 is 2.75 bits per heavy atom. The van der Waals surface area contributed by atoms with Gasteiger partial charge in [-0.3, -0.25) is 4.79 Å². The highest BCUT2D eigenvalue weighted by Crippen LogP contribution is 2.38. The van der Waals surface area contributed by atoms with Gasteiger partial charge in [-0.15, -0.1) is 11.8 Å². The highest BCUT2D eigenvalue weighted by Gasteiger charge is 2.31. The molecule has 0 bridgehead atoms. The third kappa shape index (κ3) is 2.52. The largest absolute Gasteiger partial charge is 0.326 e. The second kappa shape index (κ2) is 5.66. The standard InChI is InChI=1S/C15H15BrN2OS/c1-2-18-14(19)10-20-15(18)11-7-8-17(9-11)13-5-3-12(16)4-6-13/h3-9,15H,2,10H2,1H3/t15-/m0/s1. The van der Waals surface area contributed by atoms with Crippen molar-refractivity contribution in [2.75, 3.05) is 12.3 Å². The zero-order chi connectivity index (χ0) is 14.1. The van der Waals surface area contributed by atoms with Crippen LogP contribution in [0.2, 0.25) is 0 Å². The summed E-state index contributed by atoms with van der Waals surface area (Å²) in [5.74, 6) is 0.820. The van der Waals surface area contributed by atoms with Gasteiger partial charge in [0.05, 0.1) is 5.75 Å². The van der Waals surface area contributed by atoms with Gasteiger partial charge in [0.2, 0.25) is 5.91 Å². The molecule has 1 aliphatic rings. The number of carbonyl (C=O) groups excluding carboxylic acids is 1. The SMILES string of the molecule is CCN1C(=O)CS[C@H]1c1ccn(-c2ccc(Br)cc2)c1. The van der Waals surface area contributed by atoms with Crippen LogP contribution < -0.4 is 0 Å². The Morgan fingerprint density at radius 1 is 1.30 bits per heavy atom. The van der Waals surface area contributed by atoms with E-state index in [9.17, 15) is 4.79 Å². The zero-order valence-electron chi connectivity index (χ0n) is 11.1. The second-order valence-electron chi connectivity index (χ2n) is 4.67. The van der Waals surface area contributed by atoms with Crippen LogP contribution in [0.3, 0.4) is 0 Å². The predicted molar refractivity (Wildman–Crippen MR) is 86.1 cm³/mol. The van der Waals surface area contributed by atoms with Crippen LogP contribution in [0.25, 0.3) is 5.69 Å². The number of aromatic nitrogens is 1. The molecule has 2 aromatic rings. The van der Waals surface area contributed by atoms with Gasteiger partial charge in [-0.1, -0.05) is 15.9 Å². The van der Waals surface area contributed by atoms with Gasteiger partial charge in [0, 0.05) is 34.7 Å². The van der Waals surface area contributed by atoms with Gasteiger partial charge in [-0.05, 0) is 37.3 Å². The van der Waals surface area contributed by atoms with Gasteiger partial charge < -0.3 is 9.47 Å². The summed E-state index contributed by atoms with van der Waals surface area (Å²) < 4.78 is 3.17. The highest BCUT2D eigenvalue weighted by atomic mass is 79.9. The Labute approximate surface area is 131 Å². The normalized spacial score (nSPS) is 18.8. The number of nitrogens with zero attached hydrogens (tertiary/aromatic N) is 2. The molecular formula is C15H15BrN2OS. The topological polar surface area (TPSA) is 25.2 Å². The van der Waals surface area contributed by atoms with Gasteiger partial charge in [0.1, 0.15) is 5.37 Å². The van der Waals surface area contributed by atoms with Crippen molar-refractivity contribution in [2.45, 2.75) is 12.3 Å². The quantitative estimate of drug-likeness (QED) is 0.840. The maximum atomic E-state index is 11.8. The molecule has 1 fully saturated rings. The van der Waals surface area contributed by atoms with E-state index < -0.39 is 0 Å². The van der Waals surface area contributed by atoms with Crippen LogP contribution in [0, 0.1) is 0 Å². The lowest BCUT2D eigenvalue weighted by Gasteiger charge is -2.21. The molecular weight excluding hydrogens is 336 g/mol. The number of benzene rings is 1. The number of carbonyl (C=O) groups is 1. The van der Waals surface area contributed by atoms with Crippen molar-refractivity contribution in [3.05, 3.63) is 52.8 Å². The fourth-order valence-electron chi connectivity index (χ4n) is 2.41. The lowest BCUT2D eigenvalue weighted by atomic mass is 10.3. The molecule has 3 rings (SSSR count). The van der Waals surface area contributed by atoms with E-state index in [-0.39, 0.29) is 11.3 Å². The smallest absolute Gasteiger partial charge is 0.233 e. The number of thioether (sulfide) groups is 1. The summed E-state index contributed by atoms with van der Waals surface area (Å²) >= 11 is 5.15. The molecule has 1 aromatic heterocycles. The second-order valence-corrected chi connectivity index (χ2v) is 6.66. The van der Waals surface area contributed by atoms with Crippen molar-refractivity contribution in [2.24, 2.45) is 0 Å². The molecule has 0 saturated carbocycles. The molecule has 104 valence electrons. The van der Waals surface area contributed by atoms with E-state index in [0.29, 0.717) is 5.75 Å². The summed E-state index contributed by atoms with van der Waals surface area (Å²) in [5.41, 5.74) is 2.31. The van der Waals surface area contributed by atoms with E-state index in [1.807, 2.05) is 24.0 Å². The molecule has 0 N–H and O–H groups in total. The van der Waals surface area contributed by atoms with Gasteiger partial charge in [0.25, 0.3) is 0 Å². The molecule has 2 heterocycles. The molecule has 0 unspecified atom stereocenters. The number of halogens is 1. The van der Waals surface area contributed by atoms with Crippen LogP contribution >= 0.6 is 27.7 Å². The van der Waals surface area contributed by atoms with Crippen LogP contribution in [0.15, 0.2) is 47.2 Å². The fraction of sp³-hybridized carbons (Fsp3) is 0.267. The van der Waals surface area contributed by atoms with Crippen molar-refractivity contribution >= 4 is 33.6 Å². The zero-order valence-corrected chi connectivity index (χ0v) is 13.5. The Bertz CT molecular complexity index is 623. The van der Waals surface area contributed by atoms with Crippen LogP contribution in [-0.4, -0.2) is 27.7 Å². The molecule has 5 heteroatoms. The summed E-state index contributed by atoms with van der Waals surface area (Å²) in [6, 6.07) is 10.3. The van der Waals surface area contributed by atoms with Crippen molar-refractivity contribution < 1.29 is 4.79 Å². The van der Waals surface area contributed by atoms with E-state index in [0.717, 1.165) is 16.7 Å². The number of amides is 1. The average molecular weight is 351 g/mol. The van der Waals surface area contributed by atoms with Crippen LogP contribution in [0.1, 0.15) is 17.9 Å². The van der Waals surface area contributed by atoms with E-state index in [1.165, 1.54) is 5.56 Å². The maximum Gasteiger partial charge on any atom is 0.233 e. The first-order chi connectivity index (χ1) is 9.69. The van der Waals surface area contributed by atoms with E-state index in [2.05, 4.69) is 51.1 Å². The molecule has 1 aromatic carbocycles. The Hall–Kier alpha value is -1.20. The summed E-state index contributed by atoms with van der Waals surface area (Å²) in [5, 5.41) is 0.157. The Balaban J connectivity index is 1.87. The first kappa shape index (κ1) is 13.8. The summed E-state index contributed by atoms with van der Waals surface area (Å²) in [4.78, 5) is 13.7. The molecule has 1 saturated heterocycles. The Kier molecular flexibility index (Phi) is 3.89. The molecule has 0 radical (unpaired) electrons. The molecule has 1 atom stereocenters. The summed E-state index contributed by atoms with van der Waals surface area (Å²) in [6.07, 6.45) is 4.16. The van der Waals surface area contributed by atoms with Crippen molar-refractivity contribution in [3.63, 3.8) is 0 Å². The minimum atomic E-state index is 0.157. The van der Waals surface area contributed by atoms with E-state index >= 15 is 0 Å². The fourth-order valence-corrected chi connectivity index (χ4v) is 3.91. The molecule has 1 aliphatic heterocycles. The first-order valence-corrected chi connectivity index (χ1v) is 8.38. The number of hydrogen-bond acceptors (Lipinski definition) is 2. The van der Waals surface area contributed by atoms with Crippen molar-refractivity contribution in [1.82, 2.24) is 9.47 Å². The molecule has 1 amide bonds. The third-order valence-electron chi connectivity index (χ3n) is 3.43. The molecule has 3 nitrogen and oxygen atoms in total.